The summed E-state index contributed by atoms with van der Waals surface area (Å²) in [5, 5.41) is 11.5. The standard InChI is InChI=1S/C14H10N2O2/c17-14(11-5-2-1-3-6-11)15-10-8-13-12(15)7-4-9-16(13)18/h1-10H. The van der Waals surface area contributed by atoms with Gasteiger partial charge in [0.1, 0.15) is 5.52 Å². The molecule has 0 fully saturated rings. The van der Waals surface area contributed by atoms with Crippen molar-refractivity contribution in [3.63, 3.8) is 0 Å². The van der Waals surface area contributed by atoms with Crippen molar-refractivity contribution in [1.82, 2.24) is 4.57 Å². The molecule has 0 aliphatic rings. The van der Waals surface area contributed by atoms with Gasteiger partial charge in [0, 0.05) is 23.9 Å². The van der Waals surface area contributed by atoms with Crippen LogP contribution in [0.15, 0.2) is 60.9 Å². The van der Waals surface area contributed by atoms with E-state index in [2.05, 4.69) is 0 Å². The average Bonchev–Trinajstić information content (AvgIpc) is 2.84. The van der Waals surface area contributed by atoms with Crippen LogP contribution in [0, 0.1) is 5.21 Å². The van der Waals surface area contributed by atoms with Gasteiger partial charge in [0.25, 0.3) is 5.91 Å². The van der Waals surface area contributed by atoms with Crippen LogP contribution in [0.1, 0.15) is 10.4 Å². The lowest BCUT2D eigenvalue weighted by molar-refractivity contribution is -0.576. The highest BCUT2D eigenvalue weighted by molar-refractivity contribution is 6.00. The van der Waals surface area contributed by atoms with Crippen LogP contribution in [0.3, 0.4) is 0 Å². The largest absolute Gasteiger partial charge is 0.618 e. The minimum atomic E-state index is -0.142. The Hall–Kier alpha value is -2.62. The number of hydrogen-bond donors (Lipinski definition) is 0. The minimum absolute atomic E-state index is 0.142. The summed E-state index contributed by atoms with van der Waals surface area (Å²) < 4.78 is 2.24. The van der Waals surface area contributed by atoms with Crippen LogP contribution in [0.4, 0.5) is 0 Å². The molecule has 88 valence electrons. The predicted octanol–water partition coefficient (Wildman–Crippen LogP) is 1.96. The summed E-state index contributed by atoms with van der Waals surface area (Å²) >= 11 is 0. The second kappa shape index (κ2) is 4.00. The van der Waals surface area contributed by atoms with E-state index in [9.17, 15) is 10.0 Å². The van der Waals surface area contributed by atoms with Crippen molar-refractivity contribution in [1.29, 1.82) is 0 Å². The van der Waals surface area contributed by atoms with E-state index < -0.39 is 0 Å². The first-order valence-corrected chi connectivity index (χ1v) is 5.56. The first-order chi connectivity index (χ1) is 8.77. The lowest BCUT2D eigenvalue weighted by Crippen LogP contribution is -2.25. The maximum atomic E-state index is 12.3. The molecule has 1 aromatic carbocycles. The van der Waals surface area contributed by atoms with E-state index in [0.717, 1.165) is 4.73 Å². The molecule has 0 unspecified atom stereocenters. The molecule has 3 aromatic rings. The molecule has 4 nitrogen and oxygen atoms in total. The van der Waals surface area contributed by atoms with Crippen LogP contribution in [-0.2, 0) is 0 Å². The van der Waals surface area contributed by atoms with Crippen LogP contribution in [0.5, 0.6) is 0 Å². The van der Waals surface area contributed by atoms with E-state index >= 15 is 0 Å². The third-order valence-corrected chi connectivity index (χ3v) is 2.86. The highest BCUT2D eigenvalue weighted by Crippen LogP contribution is 2.13. The Morgan fingerprint density at radius 1 is 1.06 bits per heavy atom. The topological polar surface area (TPSA) is 48.9 Å². The number of fused-ring (bicyclic) bond motifs is 1. The van der Waals surface area contributed by atoms with Crippen molar-refractivity contribution in [3.8, 4) is 0 Å². The number of aromatic nitrogens is 2. The summed E-state index contributed by atoms with van der Waals surface area (Å²) in [5.74, 6) is -0.142. The molecule has 0 saturated heterocycles. The molecule has 18 heavy (non-hydrogen) atoms. The lowest BCUT2D eigenvalue weighted by Gasteiger charge is -2.03. The van der Waals surface area contributed by atoms with E-state index in [-0.39, 0.29) is 5.91 Å². The highest BCUT2D eigenvalue weighted by atomic mass is 16.5. The SMILES string of the molecule is O=C(c1ccccc1)n1ccc2c1ccc[n+]2[O-]. The third-order valence-electron chi connectivity index (χ3n) is 2.86. The fourth-order valence-corrected chi connectivity index (χ4v) is 1.98. The zero-order valence-corrected chi connectivity index (χ0v) is 9.48. The molecule has 0 amide bonds. The second-order valence-corrected chi connectivity index (χ2v) is 3.96. The summed E-state index contributed by atoms with van der Waals surface area (Å²) in [6.45, 7) is 0. The van der Waals surface area contributed by atoms with Gasteiger partial charge in [0.2, 0.25) is 5.52 Å². The number of benzene rings is 1. The van der Waals surface area contributed by atoms with E-state index in [1.54, 1.807) is 36.5 Å². The smallest absolute Gasteiger partial charge is 0.262 e. The van der Waals surface area contributed by atoms with Crippen LogP contribution >= 0.6 is 0 Å². The molecular formula is C14H10N2O2. The summed E-state index contributed by atoms with van der Waals surface area (Å²) in [4.78, 5) is 12.3. The molecule has 4 heteroatoms. The molecule has 0 radical (unpaired) electrons. The zero-order chi connectivity index (χ0) is 12.5. The number of hydrogen-bond acceptors (Lipinski definition) is 2. The number of carbonyl (C=O) groups excluding carboxylic acids is 1. The van der Waals surface area contributed by atoms with Crippen molar-refractivity contribution in [2.45, 2.75) is 0 Å². The second-order valence-electron chi connectivity index (χ2n) is 3.96. The van der Waals surface area contributed by atoms with Gasteiger partial charge in [-0.1, -0.05) is 18.2 Å². The molecule has 2 heterocycles. The van der Waals surface area contributed by atoms with Gasteiger partial charge >= 0.3 is 0 Å². The number of pyridine rings is 1. The van der Waals surface area contributed by atoms with Crippen molar-refractivity contribution in [2.24, 2.45) is 0 Å². The third kappa shape index (κ3) is 1.55. The van der Waals surface area contributed by atoms with Gasteiger partial charge < -0.3 is 5.21 Å². The molecule has 0 spiro atoms. The first-order valence-electron chi connectivity index (χ1n) is 5.56. The lowest BCUT2D eigenvalue weighted by atomic mass is 10.2. The number of carbonyl (C=O) groups is 1. The van der Waals surface area contributed by atoms with E-state index in [0.29, 0.717) is 16.6 Å². The van der Waals surface area contributed by atoms with Gasteiger partial charge in [-0.05, 0) is 18.2 Å². The van der Waals surface area contributed by atoms with Crippen LogP contribution in [0.25, 0.3) is 11.0 Å². The van der Waals surface area contributed by atoms with Gasteiger partial charge in [-0.25, -0.2) is 0 Å². The maximum absolute atomic E-state index is 12.3. The summed E-state index contributed by atoms with van der Waals surface area (Å²) in [6.07, 6.45) is 3.04. The van der Waals surface area contributed by atoms with Crippen molar-refractivity contribution < 1.29 is 9.52 Å². The van der Waals surface area contributed by atoms with Crippen molar-refractivity contribution in [3.05, 3.63) is 71.7 Å². The summed E-state index contributed by atoms with van der Waals surface area (Å²) in [5.41, 5.74) is 1.69. The fraction of sp³-hybridized carbons (Fsp3) is 0. The van der Waals surface area contributed by atoms with Gasteiger partial charge in [0.05, 0.1) is 0 Å². The molecule has 0 atom stereocenters. The predicted molar refractivity (Wildman–Crippen MR) is 67.1 cm³/mol. The normalized spacial score (nSPS) is 10.7. The first kappa shape index (κ1) is 10.5. The monoisotopic (exact) mass is 238 g/mol. The number of nitrogens with zero attached hydrogens (tertiary/aromatic N) is 2. The molecule has 3 rings (SSSR count). The van der Waals surface area contributed by atoms with Crippen molar-refractivity contribution >= 4 is 16.9 Å². The van der Waals surface area contributed by atoms with E-state index in [4.69, 9.17) is 0 Å². The Balaban J connectivity index is 2.16. The zero-order valence-electron chi connectivity index (χ0n) is 9.48. The van der Waals surface area contributed by atoms with E-state index in [1.165, 1.54) is 10.8 Å². The Bertz CT molecular complexity index is 717. The molecule has 0 bridgehead atoms. The van der Waals surface area contributed by atoms with Gasteiger partial charge in [-0.15, -0.1) is 0 Å². The van der Waals surface area contributed by atoms with Crippen LogP contribution in [0.2, 0.25) is 0 Å². The quantitative estimate of drug-likeness (QED) is 0.480. The van der Waals surface area contributed by atoms with Gasteiger partial charge in [0.15, 0.2) is 6.20 Å². The fourth-order valence-electron chi connectivity index (χ4n) is 1.98. The van der Waals surface area contributed by atoms with E-state index in [1.807, 2.05) is 18.2 Å². The molecule has 2 aromatic heterocycles. The molecule has 0 aliphatic heterocycles. The summed E-state index contributed by atoms with van der Waals surface area (Å²) in [6, 6.07) is 14.0. The Morgan fingerprint density at radius 3 is 2.61 bits per heavy atom. The Morgan fingerprint density at radius 2 is 1.83 bits per heavy atom. The maximum Gasteiger partial charge on any atom is 0.262 e. The molecule has 0 N–H and O–H groups in total. The van der Waals surface area contributed by atoms with Gasteiger partial charge in [-0.2, -0.15) is 4.73 Å². The van der Waals surface area contributed by atoms with Crippen molar-refractivity contribution in [2.75, 3.05) is 0 Å². The highest BCUT2D eigenvalue weighted by Gasteiger charge is 2.14. The van der Waals surface area contributed by atoms with Crippen LogP contribution in [-0.4, -0.2) is 10.5 Å². The Kier molecular flexibility index (Phi) is 2.34. The molecule has 0 saturated carbocycles. The van der Waals surface area contributed by atoms with Gasteiger partial charge in [-0.3, -0.25) is 9.36 Å². The summed E-state index contributed by atoms with van der Waals surface area (Å²) in [7, 11) is 0. The molecular weight excluding hydrogens is 228 g/mol. The Labute approximate surface area is 103 Å². The van der Waals surface area contributed by atoms with Crippen LogP contribution < -0.4 is 4.73 Å². The molecule has 0 aliphatic carbocycles. The average molecular weight is 238 g/mol. The number of rotatable bonds is 1. The minimum Gasteiger partial charge on any atom is -0.618 e.